The van der Waals surface area contributed by atoms with Gasteiger partial charge in [-0.2, -0.15) is 0 Å². The molecule has 1 spiro atoms. The van der Waals surface area contributed by atoms with Crippen molar-refractivity contribution in [2.75, 3.05) is 59.5 Å². The van der Waals surface area contributed by atoms with Crippen LogP contribution in [0, 0.1) is 5.41 Å². The summed E-state index contributed by atoms with van der Waals surface area (Å²) in [5.74, 6) is 0.520. The quantitative estimate of drug-likeness (QED) is 0.745. The van der Waals surface area contributed by atoms with Crippen molar-refractivity contribution in [2.24, 2.45) is 5.41 Å². The summed E-state index contributed by atoms with van der Waals surface area (Å²) in [5, 5.41) is 0. The second-order valence-corrected chi connectivity index (χ2v) is 8.42. The monoisotopic (exact) mass is 365 g/mol. The van der Waals surface area contributed by atoms with E-state index in [-0.39, 0.29) is 17.2 Å². The molecule has 0 bridgehead atoms. The van der Waals surface area contributed by atoms with Crippen molar-refractivity contribution in [3.8, 4) is 0 Å². The summed E-state index contributed by atoms with van der Waals surface area (Å²) in [6, 6.07) is 0. The van der Waals surface area contributed by atoms with Crippen molar-refractivity contribution >= 4 is 11.8 Å². The molecule has 0 saturated carbocycles. The number of likely N-dealkylation sites (tertiary alicyclic amines) is 3. The number of hydrogen-bond donors (Lipinski definition) is 0. The van der Waals surface area contributed by atoms with E-state index in [2.05, 4.69) is 9.80 Å². The lowest BCUT2D eigenvalue weighted by molar-refractivity contribution is -0.144. The van der Waals surface area contributed by atoms with E-state index in [1.165, 1.54) is 25.7 Å². The molecular weight excluding hydrogens is 330 g/mol. The zero-order valence-corrected chi connectivity index (χ0v) is 16.4. The van der Waals surface area contributed by atoms with E-state index in [9.17, 15) is 9.59 Å². The molecule has 148 valence electrons. The van der Waals surface area contributed by atoms with Gasteiger partial charge in [-0.15, -0.1) is 0 Å². The Morgan fingerprint density at radius 2 is 1.81 bits per heavy atom. The molecule has 2 amide bonds. The third kappa shape index (κ3) is 4.97. The lowest BCUT2D eigenvalue weighted by Crippen LogP contribution is -2.56. The lowest BCUT2D eigenvalue weighted by atomic mass is 9.73. The summed E-state index contributed by atoms with van der Waals surface area (Å²) in [5.41, 5.74) is 0.0916. The van der Waals surface area contributed by atoms with Crippen molar-refractivity contribution in [1.29, 1.82) is 0 Å². The van der Waals surface area contributed by atoms with Crippen molar-refractivity contribution in [1.82, 2.24) is 14.7 Å². The summed E-state index contributed by atoms with van der Waals surface area (Å²) in [7, 11) is 1.67. The molecule has 3 saturated heterocycles. The summed E-state index contributed by atoms with van der Waals surface area (Å²) in [6.07, 6.45) is 8.73. The first-order valence-electron chi connectivity index (χ1n) is 10.4. The van der Waals surface area contributed by atoms with Crippen molar-refractivity contribution in [2.45, 2.75) is 51.4 Å². The first-order chi connectivity index (χ1) is 12.6. The van der Waals surface area contributed by atoms with Crippen molar-refractivity contribution in [3.05, 3.63) is 0 Å². The van der Waals surface area contributed by atoms with E-state index < -0.39 is 0 Å². The fourth-order valence-corrected chi connectivity index (χ4v) is 4.85. The molecule has 0 radical (unpaired) electrons. The van der Waals surface area contributed by atoms with Crippen LogP contribution in [0.5, 0.6) is 0 Å². The van der Waals surface area contributed by atoms with E-state index in [4.69, 9.17) is 4.74 Å². The average Bonchev–Trinajstić information content (AvgIpc) is 2.91. The Kier molecular flexibility index (Phi) is 6.92. The molecule has 0 aromatic carbocycles. The highest BCUT2D eigenvalue weighted by atomic mass is 16.5. The predicted octanol–water partition coefficient (Wildman–Crippen LogP) is 1.74. The Hall–Kier alpha value is -1.14. The molecule has 6 heteroatoms. The predicted molar refractivity (Wildman–Crippen MR) is 101 cm³/mol. The number of rotatable bonds is 5. The smallest absolute Gasteiger partial charge is 0.236 e. The Morgan fingerprint density at radius 1 is 1.04 bits per heavy atom. The van der Waals surface area contributed by atoms with Crippen LogP contribution in [0.25, 0.3) is 0 Å². The minimum Gasteiger partial charge on any atom is -0.383 e. The van der Waals surface area contributed by atoms with E-state index in [0.717, 1.165) is 52.0 Å². The first kappa shape index (κ1) is 19.6. The molecule has 3 heterocycles. The molecule has 0 aliphatic carbocycles. The van der Waals surface area contributed by atoms with Gasteiger partial charge in [-0.1, -0.05) is 12.8 Å². The maximum atomic E-state index is 12.9. The molecule has 0 aromatic rings. The Balaban J connectivity index is 1.57. The Bertz CT molecular complexity index is 491. The van der Waals surface area contributed by atoms with Gasteiger partial charge in [0, 0.05) is 45.1 Å². The van der Waals surface area contributed by atoms with Gasteiger partial charge in [-0.25, -0.2) is 0 Å². The van der Waals surface area contributed by atoms with E-state index in [0.29, 0.717) is 26.1 Å². The minimum absolute atomic E-state index is 0.0916. The molecule has 3 aliphatic heterocycles. The number of methoxy groups -OCH3 is 1. The van der Waals surface area contributed by atoms with Gasteiger partial charge in [0.1, 0.15) is 0 Å². The minimum atomic E-state index is 0.0916. The molecule has 0 N–H and O–H groups in total. The number of carbonyl (C=O) groups excluding carboxylic acids is 2. The fraction of sp³-hybridized carbons (Fsp3) is 0.900. The number of piperidine rings is 2. The molecule has 3 aliphatic rings. The SMILES string of the molecule is COCCN1C[C@]2(CCCN(C(=O)CN3CCCCCC3)C2)CCC1=O. The van der Waals surface area contributed by atoms with Gasteiger partial charge in [-0.05, 0) is 45.2 Å². The first-order valence-corrected chi connectivity index (χ1v) is 10.4. The number of nitrogens with zero attached hydrogens (tertiary/aromatic N) is 3. The lowest BCUT2D eigenvalue weighted by Gasteiger charge is -2.48. The summed E-state index contributed by atoms with van der Waals surface area (Å²) < 4.78 is 5.16. The zero-order valence-electron chi connectivity index (χ0n) is 16.4. The Labute approximate surface area is 157 Å². The fourth-order valence-electron chi connectivity index (χ4n) is 4.85. The molecule has 26 heavy (non-hydrogen) atoms. The van der Waals surface area contributed by atoms with Gasteiger partial charge in [0.15, 0.2) is 0 Å². The molecule has 0 unspecified atom stereocenters. The van der Waals surface area contributed by atoms with Crippen molar-refractivity contribution < 1.29 is 14.3 Å². The highest BCUT2D eigenvalue weighted by Crippen LogP contribution is 2.38. The standard InChI is InChI=1S/C20H35N3O3/c1-26-14-13-23-17-20(9-7-18(23)24)8-6-12-22(16-20)19(25)15-21-10-4-2-3-5-11-21/h2-17H2,1H3/t20-/m1/s1. The number of carbonyl (C=O) groups is 2. The summed E-state index contributed by atoms with van der Waals surface area (Å²) >= 11 is 0. The van der Waals surface area contributed by atoms with E-state index in [1.807, 2.05) is 4.90 Å². The third-order valence-corrected chi connectivity index (χ3v) is 6.39. The molecule has 1 atom stereocenters. The maximum Gasteiger partial charge on any atom is 0.236 e. The average molecular weight is 366 g/mol. The second kappa shape index (κ2) is 9.18. The Morgan fingerprint density at radius 3 is 2.54 bits per heavy atom. The number of hydrogen-bond acceptors (Lipinski definition) is 4. The van der Waals surface area contributed by atoms with Gasteiger partial charge in [0.25, 0.3) is 0 Å². The van der Waals surface area contributed by atoms with Crippen LogP contribution in [0.15, 0.2) is 0 Å². The normalized spacial score (nSPS) is 28.4. The van der Waals surface area contributed by atoms with Crippen LogP contribution in [-0.2, 0) is 14.3 Å². The third-order valence-electron chi connectivity index (χ3n) is 6.39. The molecule has 6 nitrogen and oxygen atoms in total. The molecular formula is C20H35N3O3. The van der Waals surface area contributed by atoms with Crippen LogP contribution in [0.4, 0.5) is 0 Å². The largest absolute Gasteiger partial charge is 0.383 e. The van der Waals surface area contributed by atoms with Gasteiger partial charge < -0.3 is 14.5 Å². The van der Waals surface area contributed by atoms with Crippen LogP contribution in [-0.4, -0.2) is 86.0 Å². The van der Waals surface area contributed by atoms with Gasteiger partial charge >= 0.3 is 0 Å². The summed E-state index contributed by atoms with van der Waals surface area (Å²) in [4.78, 5) is 31.5. The van der Waals surface area contributed by atoms with Gasteiger partial charge in [0.2, 0.25) is 11.8 Å². The van der Waals surface area contributed by atoms with Crippen LogP contribution in [0.3, 0.4) is 0 Å². The van der Waals surface area contributed by atoms with Crippen LogP contribution in [0.1, 0.15) is 51.4 Å². The van der Waals surface area contributed by atoms with Gasteiger partial charge in [-0.3, -0.25) is 14.5 Å². The van der Waals surface area contributed by atoms with E-state index >= 15 is 0 Å². The number of amides is 2. The zero-order chi connectivity index (χ0) is 18.4. The number of ether oxygens (including phenoxy) is 1. The van der Waals surface area contributed by atoms with Crippen LogP contribution in [0.2, 0.25) is 0 Å². The van der Waals surface area contributed by atoms with Crippen LogP contribution < -0.4 is 0 Å². The molecule has 3 fully saturated rings. The van der Waals surface area contributed by atoms with E-state index in [1.54, 1.807) is 7.11 Å². The highest BCUT2D eigenvalue weighted by Gasteiger charge is 2.42. The maximum absolute atomic E-state index is 12.9. The van der Waals surface area contributed by atoms with Crippen LogP contribution >= 0.6 is 0 Å². The van der Waals surface area contributed by atoms with Crippen molar-refractivity contribution in [3.63, 3.8) is 0 Å². The molecule has 0 aromatic heterocycles. The topological polar surface area (TPSA) is 53.1 Å². The highest BCUT2D eigenvalue weighted by molar-refractivity contribution is 5.79. The van der Waals surface area contributed by atoms with Gasteiger partial charge in [0.05, 0.1) is 13.2 Å². The second-order valence-electron chi connectivity index (χ2n) is 8.42. The molecule has 3 rings (SSSR count). The summed E-state index contributed by atoms with van der Waals surface area (Å²) in [6.45, 7) is 6.41.